The van der Waals surface area contributed by atoms with E-state index in [1.165, 1.54) is 43.2 Å². The molecule has 0 aromatic heterocycles. The van der Waals surface area contributed by atoms with E-state index in [0.29, 0.717) is 19.3 Å². The Labute approximate surface area is 127 Å². The van der Waals surface area contributed by atoms with Crippen LogP contribution in [0.15, 0.2) is 24.3 Å². The van der Waals surface area contributed by atoms with Gasteiger partial charge in [-0.25, -0.2) is 0 Å². The first-order valence-electron chi connectivity index (χ1n) is 8.40. The van der Waals surface area contributed by atoms with Crippen molar-refractivity contribution in [2.75, 3.05) is 19.7 Å². The summed E-state index contributed by atoms with van der Waals surface area (Å²) in [7, 11) is 0. The Kier molecular flexibility index (Phi) is 3.74. The molecule has 1 aromatic rings. The normalized spacial score (nSPS) is 33.2. The Hall–Kier alpha value is -0.900. The third-order valence-corrected chi connectivity index (χ3v) is 5.35. The van der Waals surface area contributed by atoms with Crippen molar-refractivity contribution in [3.63, 3.8) is 0 Å². The van der Waals surface area contributed by atoms with Gasteiger partial charge in [0.2, 0.25) is 0 Å². The molecule has 1 spiro atoms. The van der Waals surface area contributed by atoms with E-state index in [-0.39, 0.29) is 5.60 Å². The summed E-state index contributed by atoms with van der Waals surface area (Å²) in [6.45, 7) is 3.25. The Bertz CT molecular complexity index is 498. The fourth-order valence-corrected chi connectivity index (χ4v) is 4.32. The van der Waals surface area contributed by atoms with Crippen molar-refractivity contribution in [2.45, 2.75) is 50.4 Å². The minimum atomic E-state index is -0.267. The predicted octanol–water partition coefficient (Wildman–Crippen LogP) is 2.98. The van der Waals surface area contributed by atoms with Crippen molar-refractivity contribution in [1.82, 2.24) is 5.32 Å². The summed E-state index contributed by atoms with van der Waals surface area (Å²) >= 11 is 0. The molecular weight excluding hydrogens is 262 g/mol. The minimum absolute atomic E-state index is 0.267. The number of rotatable bonds is 2. The quantitative estimate of drug-likeness (QED) is 0.907. The zero-order chi connectivity index (χ0) is 14.1. The number of hydrogen-bond donors (Lipinski definition) is 1. The molecule has 2 fully saturated rings. The van der Waals surface area contributed by atoms with Crippen molar-refractivity contribution in [3.05, 3.63) is 35.4 Å². The Morgan fingerprint density at radius 1 is 1.19 bits per heavy atom. The SMILES string of the molecule is c1ccc2c(c1)COCC21CNCC(CC2CCCC2)O1. The lowest BCUT2D eigenvalue weighted by Gasteiger charge is -2.45. The van der Waals surface area contributed by atoms with Crippen molar-refractivity contribution in [1.29, 1.82) is 0 Å². The smallest absolute Gasteiger partial charge is 0.129 e. The molecule has 0 radical (unpaired) electrons. The highest BCUT2D eigenvalue weighted by Gasteiger charge is 2.43. The van der Waals surface area contributed by atoms with Crippen LogP contribution in [0.25, 0.3) is 0 Å². The molecule has 3 aliphatic rings. The summed E-state index contributed by atoms with van der Waals surface area (Å²) in [6.07, 6.45) is 7.12. The summed E-state index contributed by atoms with van der Waals surface area (Å²) in [5.74, 6) is 0.867. The summed E-state index contributed by atoms with van der Waals surface area (Å²) in [5, 5.41) is 3.61. The molecule has 2 heterocycles. The molecule has 1 saturated heterocycles. The first kappa shape index (κ1) is 13.7. The zero-order valence-corrected chi connectivity index (χ0v) is 12.6. The second-order valence-corrected chi connectivity index (χ2v) is 6.90. The summed E-state index contributed by atoms with van der Waals surface area (Å²) < 4.78 is 12.5. The molecule has 2 aliphatic heterocycles. The molecule has 1 saturated carbocycles. The van der Waals surface area contributed by atoms with Crippen LogP contribution in [0.3, 0.4) is 0 Å². The number of benzene rings is 1. The molecule has 3 nitrogen and oxygen atoms in total. The largest absolute Gasteiger partial charge is 0.373 e. The van der Waals surface area contributed by atoms with Crippen molar-refractivity contribution in [2.24, 2.45) is 5.92 Å². The van der Waals surface area contributed by atoms with E-state index in [1.807, 2.05) is 0 Å². The van der Waals surface area contributed by atoms with Crippen molar-refractivity contribution < 1.29 is 9.47 Å². The van der Waals surface area contributed by atoms with Gasteiger partial charge >= 0.3 is 0 Å². The van der Waals surface area contributed by atoms with Gasteiger partial charge in [-0.15, -0.1) is 0 Å². The minimum Gasteiger partial charge on any atom is -0.373 e. The second-order valence-electron chi connectivity index (χ2n) is 6.90. The number of hydrogen-bond acceptors (Lipinski definition) is 3. The van der Waals surface area contributed by atoms with Gasteiger partial charge in [-0.1, -0.05) is 49.9 Å². The van der Waals surface area contributed by atoms with Crippen LogP contribution in [0, 0.1) is 5.92 Å². The molecule has 4 rings (SSSR count). The van der Waals surface area contributed by atoms with Crippen LogP contribution >= 0.6 is 0 Å². The van der Waals surface area contributed by atoms with Crippen LogP contribution in [0.4, 0.5) is 0 Å². The highest BCUT2D eigenvalue weighted by molar-refractivity contribution is 5.34. The summed E-state index contributed by atoms with van der Waals surface area (Å²) in [4.78, 5) is 0. The van der Waals surface area contributed by atoms with E-state index in [4.69, 9.17) is 9.47 Å². The van der Waals surface area contributed by atoms with Crippen LogP contribution in [0.5, 0.6) is 0 Å². The number of ether oxygens (including phenoxy) is 2. The van der Waals surface area contributed by atoms with E-state index in [2.05, 4.69) is 29.6 Å². The number of nitrogens with one attached hydrogen (secondary N) is 1. The predicted molar refractivity (Wildman–Crippen MR) is 82.1 cm³/mol. The van der Waals surface area contributed by atoms with Gasteiger partial charge in [-0.2, -0.15) is 0 Å². The highest BCUT2D eigenvalue weighted by Crippen LogP contribution is 2.38. The lowest BCUT2D eigenvalue weighted by atomic mass is 9.86. The molecule has 2 unspecified atom stereocenters. The number of fused-ring (bicyclic) bond motifs is 2. The first-order chi connectivity index (χ1) is 10.4. The van der Waals surface area contributed by atoms with E-state index in [1.54, 1.807) is 0 Å². The van der Waals surface area contributed by atoms with Gasteiger partial charge in [-0.3, -0.25) is 0 Å². The molecular formula is C18H25NO2. The van der Waals surface area contributed by atoms with Gasteiger partial charge < -0.3 is 14.8 Å². The standard InChI is InChI=1S/C18H25NO2/c1-2-6-14(5-1)9-16-10-19-12-18(21-16)13-20-11-15-7-3-4-8-17(15)18/h3-4,7-8,14,16,19H,1-2,5-6,9-13H2. The van der Waals surface area contributed by atoms with Gasteiger partial charge in [0.1, 0.15) is 5.60 Å². The zero-order valence-electron chi connectivity index (χ0n) is 12.6. The topological polar surface area (TPSA) is 30.5 Å². The Morgan fingerprint density at radius 2 is 2.05 bits per heavy atom. The van der Waals surface area contributed by atoms with Gasteiger partial charge in [0.15, 0.2) is 0 Å². The van der Waals surface area contributed by atoms with Gasteiger partial charge in [0.05, 0.1) is 19.3 Å². The monoisotopic (exact) mass is 287 g/mol. The summed E-state index contributed by atoms with van der Waals surface area (Å²) in [6, 6.07) is 8.60. The lowest BCUT2D eigenvalue weighted by Crippen LogP contribution is -2.56. The first-order valence-corrected chi connectivity index (χ1v) is 8.40. The molecule has 21 heavy (non-hydrogen) atoms. The maximum atomic E-state index is 6.62. The Morgan fingerprint density at radius 3 is 2.95 bits per heavy atom. The van der Waals surface area contributed by atoms with E-state index in [0.717, 1.165) is 19.0 Å². The number of morpholine rings is 1. The highest BCUT2D eigenvalue weighted by atomic mass is 16.6. The Balaban J connectivity index is 1.54. The van der Waals surface area contributed by atoms with Crippen molar-refractivity contribution >= 4 is 0 Å². The van der Waals surface area contributed by atoms with Crippen LogP contribution < -0.4 is 5.32 Å². The van der Waals surface area contributed by atoms with Gasteiger partial charge in [0.25, 0.3) is 0 Å². The third-order valence-electron chi connectivity index (χ3n) is 5.35. The molecule has 1 aromatic carbocycles. The molecule has 114 valence electrons. The lowest BCUT2D eigenvalue weighted by molar-refractivity contribution is -0.172. The second kappa shape index (κ2) is 5.71. The van der Waals surface area contributed by atoms with E-state index >= 15 is 0 Å². The molecule has 1 N–H and O–H groups in total. The molecule has 2 atom stereocenters. The third kappa shape index (κ3) is 2.63. The molecule has 3 heteroatoms. The van der Waals surface area contributed by atoms with Crippen LogP contribution in [0.2, 0.25) is 0 Å². The fourth-order valence-electron chi connectivity index (χ4n) is 4.32. The molecule has 0 bridgehead atoms. The van der Waals surface area contributed by atoms with Crippen LogP contribution in [0.1, 0.15) is 43.2 Å². The summed E-state index contributed by atoms with van der Waals surface area (Å²) in [5.41, 5.74) is 2.35. The van der Waals surface area contributed by atoms with E-state index in [9.17, 15) is 0 Å². The maximum Gasteiger partial charge on any atom is 0.129 e. The van der Waals surface area contributed by atoms with E-state index < -0.39 is 0 Å². The van der Waals surface area contributed by atoms with Crippen LogP contribution in [-0.2, 0) is 21.7 Å². The maximum absolute atomic E-state index is 6.62. The average Bonchev–Trinajstić information content (AvgIpc) is 3.01. The fraction of sp³-hybridized carbons (Fsp3) is 0.667. The average molecular weight is 287 g/mol. The van der Waals surface area contributed by atoms with Gasteiger partial charge in [0, 0.05) is 13.1 Å². The molecule has 0 amide bonds. The van der Waals surface area contributed by atoms with Crippen LogP contribution in [-0.4, -0.2) is 25.8 Å². The van der Waals surface area contributed by atoms with Crippen molar-refractivity contribution in [3.8, 4) is 0 Å². The van der Waals surface area contributed by atoms with Gasteiger partial charge in [-0.05, 0) is 23.5 Å². The molecule has 1 aliphatic carbocycles.